The van der Waals surface area contributed by atoms with Crippen LogP contribution in [-0.2, 0) is 4.79 Å². The number of hydrogen-bond acceptors (Lipinski definition) is 1. The molecule has 0 bridgehead atoms. The third kappa shape index (κ3) is 1.97. The molecule has 1 aliphatic rings. The van der Waals surface area contributed by atoms with Gasteiger partial charge in [0.25, 0.3) is 0 Å². The Kier molecular flexibility index (Phi) is 2.69. The van der Waals surface area contributed by atoms with Crippen LogP contribution in [-0.4, -0.2) is 23.9 Å². The Hall–Kier alpha value is -1.05. The molecule has 0 fully saturated rings. The van der Waals surface area contributed by atoms with Crippen LogP contribution in [0.25, 0.3) is 0 Å². The van der Waals surface area contributed by atoms with E-state index in [2.05, 4.69) is 12.7 Å². The maximum absolute atomic E-state index is 10.9. The topological polar surface area (TPSA) is 20.3 Å². The highest BCUT2D eigenvalue weighted by Gasteiger charge is 2.13. The van der Waals surface area contributed by atoms with Crippen molar-refractivity contribution in [2.45, 2.75) is 20.3 Å². The summed E-state index contributed by atoms with van der Waals surface area (Å²) in [6, 6.07) is 0. The van der Waals surface area contributed by atoms with Gasteiger partial charge in [0.05, 0.1) is 0 Å². The van der Waals surface area contributed by atoms with Gasteiger partial charge in [0, 0.05) is 20.0 Å². The van der Waals surface area contributed by atoms with Crippen LogP contribution in [0.3, 0.4) is 0 Å². The van der Waals surface area contributed by atoms with Gasteiger partial charge in [-0.15, -0.1) is 0 Å². The standard InChI is InChI=1S/C10H15NO/c1-8(2)10-4-6-11(7-5-10)9(3)12/h4H,1,5-7H2,2-3H3. The molecule has 0 aromatic rings. The highest BCUT2D eigenvalue weighted by molar-refractivity contribution is 5.73. The van der Waals surface area contributed by atoms with E-state index >= 15 is 0 Å². The first kappa shape index (κ1) is 9.04. The molecule has 12 heavy (non-hydrogen) atoms. The molecule has 2 heteroatoms. The van der Waals surface area contributed by atoms with E-state index in [0.29, 0.717) is 0 Å². The van der Waals surface area contributed by atoms with Gasteiger partial charge < -0.3 is 4.90 Å². The van der Waals surface area contributed by atoms with Gasteiger partial charge in [-0.2, -0.15) is 0 Å². The SMILES string of the molecule is C=C(C)C1=CCN(C(C)=O)CC1. The van der Waals surface area contributed by atoms with E-state index in [0.717, 1.165) is 25.1 Å². The van der Waals surface area contributed by atoms with E-state index in [1.807, 2.05) is 11.8 Å². The molecular formula is C10H15NO. The number of hydrogen-bond donors (Lipinski definition) is 0. The summed E-state index contributed by atoms with van der Waals surface area (Å²) in [7, 11) is 0. The minimum atomic E-state index is 0.159. The first-order chi connectivity index (χ1) is 5.61. The van der Waals surface area contributed by atoms with Crippen LogP contribution >= 0.6 is 0 Å². The second-order valence-electron chi connectivity index (χ2n) is 3.22. The van der Waals surface area contributed by atoms with Gasteiger partial charge in [0.1, 0.15) is 0 Å². The van der Waals surface area contributed by atoms with E-state index < -0.39 is 0 Å². The summed E-state index contributed by atoms with van der Waals surface area (Å²) >= 11 is 0. The maximum atomic E-state index is 10.9. The zero-order valence-electron chi connectivity index (χ0n) is 7.76. The molecule has 1 heterocycles. The molecule has 1 rings (SSSR count). The van der Waals surface area contributed by atoms with Gasteiger partial charge in [-0.25, -0.2) is 0 Å². The molecule has 0 atom stereocenters. The van der Waals surface area contributed by atoms with Crippen LogP contribution in [0.4, 0.5) is 0 Å². The highest BCUT2D eigenvalue weighted by Crippen LogP contribution is 2.16. The fraction of sp³-hybridized carbons (Fsp3) is 0.500. The van der Waals surface area contributed by atoms with E-state index in [9.17, 15) is 4.79 Å². The number of nitrogens with zero attached hydrogens (tertiary/aromatic N) is 1. The third-order valence-electron chi connectivity index (χ3n) is 2.20. The number of rotatable bonds is 1. The smallest absolute Gasteiger partial charge is 0.219 e. The maximum Gasteiger partial charge on any atom is 0.219 e. The van der Waals surface area contributed by atoms with Gasteiger partial charge in [-0.1, -0.05) is 18.2 Å². The monoisotopic (exact) mass is 165 g/mol. The number of carbonyl (C=O) groups excluding carboxylic acids is 1. The minimum Gasteiger partial charge on any atom is -0.339 e. The van der Waals surface area contributed by atoms with Gasteiger partial charge in [0.15, 0.2) is 0 Å². The predicted octanol–water partition coefficient (Wildman–Crippen LogP) is 1.74. The molecule has 0 saturated heterocycles. The molecule has 0 saturated carbocycles. The van der Waals surface area contributed by atoms with Crippen LogP contribution in [0.5, 0.6) is 0 Å². The average molecular weight is 165 g/mol. The zero-order valence-corrected chi connectivity index (χ0v) is 7.76. The zero-order chi connectivity index (χ0) is 9.14. The van der Waals surface area contributed by atoms with Gasteiger partial charge >= 0.3 is 0 Å². The molecule has 66 valence electrons. The molecule has 0 aromatic carbocycles. The number of allylic oxidation sites excluding steroid dienone is 1. The van der Waals surface area contributed by atoms with Crippen molar-refractivity contribution >= 4 is 5.91 Å². The first-order valence-electron chi connectivity index (χ1n) is 4.21. The fourth-order valence-corrected chi connectivity index (χ4v) is 1.34. The van der Waals surface area contributed by atoms with Crippen molar-refractivity contribution < 1.29 is 4.79 Å². The van der Waals surface area contributed by atoms with Gasteiger partial charge in [0.2, 0.25) is 5.91 Å². The molecule has 0 aliphatic carbocycles. The normalized spacial score (nSPS) is 17.2. The van der Waals surface area contributed by atoms with Gasteiger partial charge in [-0.3, -0.25) is 4.79 Å². The summed E-state index contributed by atoms with van der Waals surface area (Å²) in [6.07, 6.45) is 3.04. The van der Waals surface area contributed by atoms with Crippen LogP contribution in [0.15, 0.2) is 23.8 Å². The van der Waals surface area contributed by atoms with E-state index in [1.165, 1.54) is 5.57 Å². The molecule has 1 amide bonds. The Balaban J connectivity index is 2.59. The van der Waals surface area contributed by atoms with Crippen molar-refractivity contribution in [3.63, 3.8) is 0 Å². The summed E-state index contributed by atoms with van der Waals surface area (Å²) in [4.78, 5) is 12.8. The lowest BCUT2D eigenvalue weighted by Gasteiger charge is -2.25. The second kappa shape index (κ2) is 3.57. The number of carbonyl (C=O) groups is 1. The first-order valence-corrected chi connectivity index (χ1v) is 4.21. The molecule has 0 unspecified atom stereocenters. The van der Waals surface area contributed by atoms with Crippen LogP contribution in [0.1, 0.15) is 20.3 Å². The average Bonchev–Trinajstić information content (AvgIpc) is 2.04. The Morgan fingerprint density at radius 3 is 2.58 bits per heavy atom. The fourth-order valence-electron chi connectivity index (χ4n) is 1.34. The van der Waals surface area contributed by atoms with Crippen LogP contribution < -0.4 is 0 Å². The van der Waals surface area contributed by atoms with Gasteiger partial charge in [-0.05, 0) is 18.9 Å². The lowest BCUT2D eigenvalue weighted by Crippen LogP contribution is -2.32. The van der Waals surface area contributed by atoms with Crippen molar-refractivity contribution in [3.05, 3.63) is 23.8 Å². The Labute approximate surface area is 73.6 Å². The lowest BCUT2D eigenvalue weighted by molar-refractivity contribution is -0.128. The summed E-state index contributed by atoms with van der Waals surface area (Å²) in [5.74, 6) is 0.159. The van der Waals surface area contributed by atoms with E-state index in [-0.39, 0.29) is 5.91 Å². The Morgan fingerprint density at radius 2 is 2.25 bits per heavy atom. The molecular weight excluding hydrogens is 150 g/mol. The summed E-state index contributed by atoms with van der Waals surface area (Å²) in [5, 5.41) is 0. The van der Waals surface area contributed by atoms with Crippen molar-refractivity contribution in [1.82, 2.24) is 4.90 Å². The van der Waals surface area contributed by atoms with Crippen LogP contribution in [0.2, 0.25) is 0 Å². The van der Waals surface area contributed by atoms with Crippen molar-refractivity contribution in [1.29, 1.82) is 0 Å². The molecule has 0 spiro atoms. The van der Waals surface area contributed by atoms with Crippen molar-refractivity contribution in [2.24, 2.45) is 0 Å². The summed E-state index contributed by atoms with van der Waals surface area (Å²) in [6.45, 7) is 9.09. The Bertz CT molecular complexity index is 240. The predicted molar refractivity (Wildman–Crippen MR) is 49.8 cm³/mol. The van der Waals surface area contributed by atoms with Crippen LogP contribution in [0, 0.1) is 0 Å². The Morgan fingerprint density at radius 1 is 1.58 bits per heavy atom. The van der Waals surface area contributed by atoms with E-state index in [1.54, 1.807) is 6.92 Å². The second-order valence-corrected chi connectivity index (χ2v) is 3.22. The largest absolute Gasteiger partial charge is 0.339 e. The summed E-state index contributed by atoms with van der Waals surface area (Å²) < 4.78 is 0. The molecule has 2 nitrogen and oxygen atoms in total. The molecule has 0 aromatic heterocycles. The summed E-state index contributed by atoms with van der Waals surface area (Å²) in [5.41, 5.74) is 2.42. The molecule has 0 radical (unpaired) electrons. The number of amides is 1. The van der Waals surface area contributed by atoms with E-state index in [4.69, 9.17) is 0 Å². The lowest BCUT2D eigenvalue weighted by atomic mass is 10.0. The third-order valence-corrected chi connectivity index (χ3v) is 2.20. The molecule has 0 N–H and O–H groups in total. The van der Waals surface area contributed by atoms with Crippen molar-refractivity contribution in [2.75, 3.05) is 13.1 Å². The molecule has 1 aliphatic heterocycles. The minimum absolute atomic E-state index is 0.159. The van der Waals surface area contributed by atoms with Crippen molar-refractivity contribution in [3.8, 4) is 0 Å². The highest BCUT2D eigenvalue weighted by atomic mass is 16.2. The quantitative estimate of drug-likeness (QED) is 0.579.